The van der Waals surface area contributed by atoms with Gasteiger partial charge in [0.05, 0.1) is 14.2 Å². The molecule has 1 atom stereocenters. The number of hydrogen-bond donors (Lipinski definition) is 1. The SMILES string of the molecule is COc1cc(NC(=O)COc2cc(C)nc(N3CCC[C@@H](C)C3)n2)cc(OC)c1. The van der Waals surface area contributed by atoms with Crippen molar-refractivity contribution in [1.29, 1.82) is 0 Å². The number of anilines is 2. The van der Waals surface area contributed by atoms with Crippen LogP contribution in [-0.4, -0.2) is 49.8 Å². The molecule has 1 N–H and O–H groups in total. The third-order valence-corrected chi connectivity index (χ3v) is 4.75. The highest BCUT2D eigenvalue weighted by Crippen LogP contribution is 2.26. The quantitative estimate of drug-likeness (QED) is 0.764. The van der Waals surface area contributed by atoms with Gasteiger partial charge in [0.2, 0.25) is 11.8 Å². The number of benzene rings is 1. The van der Waals surface area contributed by atoms with E-state index < -0.39 is 0 Å². The first-order chi connectivity index (χ1) is 14.0. The van der Waals surface area contributed by atoms with Crippen molar-refractivity contribution in [1.82, 2.24) is 9.97 Å². The first-order valence-electron chi connectivity index (χ1n) is 9.73. The summed E-state index contributed by atoms with van der Waals surface area (Å²) in [5, 5.41) is 2.78. The predicted molar refractivity (Wildman–Crippen MR) is 111 cm³/mol. The highest BCUT2D eigenvalue weighted by Gasteiger charge is 2.19. The summed E-state index contributed by atoms with van der Waals surface area (Å²) in [4.78, 5) is 23.5. The Balaban J connectivity index is 1.63. The van der Waals surface area contributed by atoms with Gasteiger partial charge in [0.25, 0.3) is 5.91 Å². The number of hydrogen-bond acceptors (Lipinski definition) is 7. The number of aromatic nitrogens is 2. The van der Waals surface area contributed by atoms with Crippen LogP contribution < -0.4 is 24.4 Å². The summed E-state index contributed by atoms with van der Waals surface area (Å²) >= 11 is 0. The van der Waals surface area contributed by atoms with Crippen LogP contribution in [0.4, 0.5) is 11.6 Å². The highest BCUT2D eigenvalue weighted by molar-refractivity contribution is 5.92. The molecule has 1 aromatic heterocycles. The molecule has 1 aliphatic heterocycles. The maximum Gasteiger partial charge on any atom is 0.262 e. The van der Waals surface area contributed by atoms with Crippen LogP contribution in [0.15, 0.2) is 24.3 Å². The Bertz CT molecular complexity index is 836. The second-order valence-electron chi connectivity index (χ2n) is 7.28. The zero-order valence-electron chi connectivity index (χ0n) is 17.4. The van der Waals surface area contributed by atoms with E-state index in [4.69, 9.17) is 14.2 Å². The van der Waals surface area contributed by atoms with Crippen LogP contribution in [0, 0.1) is 12.8 Å². The molecular weight excluding hydrogens is 372 g/mol. The van der Waals surface area contributed by atoms with E-state index in [-0.39, 0.29) is 12.5 Å². The van der Waals surface area contributed by atoms with Crippen LogP contribution in [0.5, 0.6) is 17.4 Å². The topological polar surface area (TPSA) is 85.8 Å². The summed E-state index contributed by atoms with van der Waals surface area (Å²) < 4.78 is 16.1. The van der Waals surface area contributed by atoms with Gasteiger partial charge in [0.15, 0.2) is 6.61 Å². The second kappa shape index (κ2) is 9.45. The molecular formula is C21H28N4O4. The Hall–Kier alpha value is -3.03. The number of carbonyl (C=O) groups is 1. The van der Waals surface area contributed by atoms with Crippen molar-refractivity contribution in [3.8, 4) is 17.4 Å². The first-order valence-corrected chi connectivity index (χ1v) is 9.73. The van der Waals surface area contributed by atoms with Gasteiger partial charge < -0.3 is 24.4 Å². The maximum absolute atomic E-state index is 12.3. The largest absolute Gasteiger partial charge is 0.497 e. The molecule has 0 saturated carbocycles. The van der Waals surface area contributed by atoms with E-state index in [1.807, 2.05) is 6.92 Å². The molecule has 8 heteroatoms. The third kappa shape index (κ3) is 5.73. The molecule has 0 spiro atoms. The highest BCUT2D eigenvalue weighted by atomic mass is 16.5. The minimum absolute atomic E-state index is 0.161. The van der Waals surface area contributed by atoms with Gasteiger partial charge >= 0.3 is 0 Å². The molecule has 0 radical (unpaired) electrons. The monoisotopic (exact) mass is 400 g/mol. The Morgan fingerprint density at radius 1 is 1.17 bits per heavy atom. The molecule has 2 aromatic rings. The molecule has 1 fully saturated rings. The van der Waals surface area contributed by atoms with E-state index in [9.17, 15) is 4.79 Å². The number of carbonyl (C=O) groups excluding carboxylic acids is 1. The smallest absolute Gasteiger partial charge is 0.262 e. The molecule has 1 aromatic carbocycles. The molecule has 3 rings (SSSR count). The minimum atomic E-state index is -0.301. The van der Waals surface area contributed by atoms with Gasteiger partial charge in [-0.05, 0) is 25.7 Å². The zero-order valence-corrected chi connectivity index (χ0v) is 17.4. The Labute approximate surface area is 171 Å². The molecule has 0 unspecified atom stereocenters. The summed E-state index contributed by atoms with van der Waals surface area (Å²) in [5.74, 6) is 2.54. The summed E-state index contributed by atoms with van der Waals surface area (Å²) in [6.07, 6.45) is 2.35. The Kier molecular flexibility index (Phi) is 6.74. The normalized spacial score (nSPS) is 16.3. The van der Waals surface area contributed by atoms with E-state index in [0.717, 1.165) is 25.2 Å². The van der Waals surface area contributed by atoms with E-state index in [0.29, 0.717) is 34.9 Å². The summed E-state index contributed by atoms with van der Waals surface area (Å²) in [6, 6.07) is 6.90. The standard InChI is InChI=1S/C21H28N4O4/c1-14-6-5-7-25(12-14)21-22-15(2)8-20(24-21)29-13-19(26)23-16-9-17(27-3)11-18(10-16)28-4/h8-11,14H,5-7,12-13H2,1-4H3,(H,23,26)/t14-/m1/s1. The molecule has 8 nitrogen and oxygen atoms in total. The lowest BCUT2D eigenvalue weighted by molar-refractivity contribution is -0.118. The number of nitrogens with one attached hydrogen (secondary N) is 1. The lowest BCUT2D eigenvalue weighted by Gasteiger charge is -2.31. The van der Waals surface area contributed by atoms with E-state index >= 15 is 0 Å². The summed E-state index contributed by atoms with van der Waals surface area (Å²) in [5.41, 5.74) is 1.37. The second-order valence-corrected chi connectivity index (χ2v) is 7.28. The number of amides is 1. The predicted octanol–water partition coefficient (Wildman–Crippen LogP) is 3.06. The average Bonchev–Trinajstić information content (AvgIpc) is 2.71. The van der Waals surface area contributed by atoms with E-state index in [1.165, 1.54) is 6.42 Å². The fourth-order valence-electron chi connectivity index (χ4n) is 3.33. The summed E-state index contributed by atoms with van der Waals surface area (Å²) in [7, 11) is 3.11. The first kappa shape index (κ1) is 20.7. The Morgan fingerprint density at radius 3 is 2.55 bits per heavy atom. The number of ether oxygens (including phenoxy) is 3. The zero-order chi connectivity index (χ0) is 20.8. The Morgan fingerprint density at radius 2 is 1.90 bits per heavy atom. The molecule has 1 amide bonds. The fraction of sp³-hybridized carbons (Fsp3) is 0.476. The van der Waals surface area contributed by atoms with Crippen molar-refractivity contribution in [2.75, 3.05) is 44.1 Å². The van der Waals surface area contributed by atoms with Gasteiger partial charge in [0.1, 0.15) is 11.5 Å². The van der Waals surface area contributed by atoms with Gasteiger partial charge in [-0.3, -0.25) is 4.79 Å². The van der Waals surface area contributed by atoms with Crippen LogP contribution in [0.1, 0.15) is 25.5 Å². The van der Waals surface area contributed by atoms with Crippen LogP contribution in [-0.2, 0) is 4.79 Å². The molecule has 156 valence electrons. The average molecular weight is 400 g/mol. The number of aryl methyl sites for hydroxylation is 1. The maximum atomic E-state index is 12.3. The van der Waals surface area contributed by atoms with Crippen molar-refractivity contribution in [3.63, 3.8) is 0 Å². The van der Waals surface area contributed by atoms with E-state index in [1.54, 1.807) is 38.5 Å². The lowest BCUT2D eigenvalue weighted by Crippen LogP contribution is -2.35. The molecule has 0 aliphatic carbocycles. The number of nitrogens with zero attached hydrogens (tertiary/aromatic N) is 3. The fourth-order valence-corrected chi connectivity index (χ4v) is 3.33. The molecule has 0 bridgehead atoms. The van der Waals surface area contributed by atoms with Crippen LogP contribution in [0.3, 0.4) is 0 Å². The van der Waals surface area contributed by atoms with Crippen molar-refractivity contribution >= 4 is 17.5 Å². The van der Waals surface area contributed by atoms with Gasteiger partial charge in [-0.2, -0.15) is 4.98 Å². The molecule has 29 heavy (non-hydrogen) atoms. The van der Waals surface area contributed by atoms with E-state index in [2.05, 4.69) is 27.1 Å². The number of rotatable bonds is 7. The minimum Gasteiger partial charge on any atom is -0.497 e. The molecule has 2 heterocycles. The number of piperidine rings is 1. The van der Waals surface area contributed by atoms with Crippen molar-refractivity contribution in [2.24, 2.45) is 5.92 Å². The van der Waals surface area contributed by atoms with Crippen molar-refractivity contribution in [2.45, 2.75) is 26.7 Å². The molecule has 1 saturated heterocycles. The lowest BCUT2D eigenvalue weighted by atomic mass is 10.0. The van der Waals surface area contributed by atoms with Crippen molar-refractivity contribution < 1.29 is 19.0 Å². The number of methoxy groups -OCH3 is 2. The van der Waals surface area contributed by atoms with Crippen LogP contribution in [0.2, 0.25) is 0 Å². The third-order valence-electron chi connectivity index (χ3n) is 4.75. The van der Waals surface area contributed by atoms with Gasteiger partial charge in [-0.1, -0.05) is 6.92 Å². The van der Waals surface area contributed by atoms with Gasteiger partial charge in [-0.15, -0.1) is 0 Å². The summed E-state index contributed by atoms with van der Waals surface area (Å²) in [6.45, 7) is 5.84. The van der Waals surface area contributed by atoms with Crippen molar-refractivity contribution in [3.05, 3.63) is 30.0 Å². The molecule has 1 aliphatic rings. The van der Waals surface area contributed by atoms with Crippen LogP contribution in [0.25, 0.3) is 0 Å². The van der Waals surface area contributed by atoms with Crippen LogP contribution >= 0.6 is 0 Å². The van der Waals surface area contributed by atoms with Gasteiger partial charge in [-0.25, -0.2) is 4.98 Å². The van der Waals surface area contributed by atoms with Gasteiger partial charge in [0, 0.05) is 48.7 Å².